The number of rotatable bonds is 8. The molecular formula is C27H60O6Si2. The van der Waals surface area contributed by atoms with E-state index in [1.165, 1.54) is 0 Å². The average Bonchev–Trinajstić information content (AvgIpc) is 2.33. The zero-order valence-electron chi connectivity index (χ0n) is 26.9. The highest BCUT2D eigenvalue weighted by molar-refractivity contribution is 6.85. The predicted octanol–water partition coefficient (Wildman–Crippen LogP) is 8.07. The number of hydrogen-bond acceptors (Lipinski definition) is 6. The van der Waals surface area contributed by atoms with Crippen LogP contribution in [-0.2, 0) is 26.6 Å². The predicted molar refractivity (Wildman–Crippen MR) is 151 cm³/mol. The molecule has 0 aromatic rings. The molecule has 0 aliphatic carbocycles. The van der Waals surface area contributed by atoms with Crippen molar-refractivity contribution in [1.29, 1.82) is 0 Å². The van der Waals surface area contributed by atoms with Crippen molar-refractivity contribution in [3.63, 3.8) is 0 Å². The van der Waals surface area contributed by atoms with Gasteiger partial charge in [0.05, 0.1) is 33.6 Å². The Morgan fingerprint density at radius 2 is 0.371 bits per heavy atom. The quantitative estimate of drug-likeness (QED) is 0.292. The summed E-state index contributed by atoms with van der Waals surface area (Å²) >= 11 is 0. The zero-order chi connectivity index (χ0) is 28.7. The molecule has 0 aliphatic rings. The molecule has 0 spiro atoms. The van der Waals surface area contributed by atoms with Gasteiger partial charge in [-0.3, -0.25) is 0 Å². The van der Waals surface area contributed by atoms with Gasteiger partial charge >= 0.3 is 17.6 Å². The molecule has 0 N–H and O–H groups in total. The van der Waals surface area contributed by atoms with Crippen molar-refractivity contribution in [1.82, 2.24) is 0 Å². The van der Waals surface area contributed by atoms with Gasteiger partial charge < -0.3 is 26.6 Å². The van der Waals surface area contributed by atoms with Crippen LogP contribution in [-0.4, -0.2) is 51.2 Å². The molecule has 8 heteroatoms. The van der Waals surface area contributed by atoms with Gasteiger partial charge in [-0.2, -0.15) is 0 Å². The minimum absolute atomic E-state index is 0.550. The first-order valence-corrected chi connectivity index (χ1v) is 16.4. The summed E-state index contributed by atoms with van der Waals surface area (Å²) in [6.45, 7) is 40.8. The van der Waals surface area contributed by atoms with Crippen molar-refractivity contribution in [2.75, 3.05) is 0 Å². The van der Waals surface area contributed by atoms with Gasteiger partial charge in [0.2, 0.25) is 0 Å². The summed E-state index contributed by atoms with van der Waals surface area (Å²) < 4.78 is 41.0. The summed E-state index contributed by atoms with van der Waals surface area (Å²) in [4.78, 5) is 0. The smallest absolute Gasteiger partial charge is 0.368 e. The third-order valence-corrected chi connectivity index (χ3v) is 14.4. The molecule has 35 heavy (non-hydrogen) atoms. The maximum Gasteiger partial charge on any atom is 0.512 e. The Balaban J connectivity index is 7.73. The maximum atomic E-state index is 6.98. The molecule has 0 rings (SSSR count). The molecule has 212 valence electrons. The number of hydrogen-bond donors (Lipinski definition) is 0. The first-order valence-electron chi connectivity index (χ1n) is 12.9. The summed E-state index contributed by atoms with van der Waals surface area (Å²) in [7, 11) is -7.35. The van der Waals surface area contributed by atoms with Crippen molar-refractivity contribution in [2.24, 2.45) is 0 Å². The van der Waals surface area contributed by atoms with Gasteiger partial charge in [-0.1, -0.05) is 13.8 Å². The van der Waals surface area contributed by atoms with E-state index in [-0.39, 0.29) is 0 Å². The molecule has 0 aromatic heterocycles. The lowest BCUT2D eigenvalue weighted by Gasteiger charge is -2.56. The molecule has 0 saturated carbocycles. The van der Waals surface area contributed by atoms with Crippen LogP contribution in [0.4, 0.5) is 0 Å². The van der Waals surface area contributed by atoms with Crippen molar-refractivity contribution < 1.29 is 26.6 Å². The molecule has 0 bridgehead atoms. The molecule has 0 heterocycles. The molecule has 0 aliphatic heterocycles. The van der Waals surface area contributed by atoms with Crippen LogP contribution in [0.15, 0.2) is 0 Å². The topological polar surface area (TPSA) is 55.4 Å². The van der Waals surface area contributed by atoms with Gasteiger partial charge in [-0.15, -0.1) is 0 Å². The highest BCUT2D eigenvalue weighted by Crippen LogP contribution is 2.55. The molecule has 0 unspecified atom stereocenters. The van der Waals surface area contributed by atoms with E-state index in [0.29, 0.717) is 0 Å². The van der Waals surface area contributed by atoms with E-state index in [4.69, 9.17) is 26.6 Å². The first-order chi connectivity index (χ1) is 14.7. The summed E-state index contributed by atoms with van der Waals surface area (Å²) in [6, 6.07) is 0. The van der Waals surface area contributed by atoms with Crippen LogP contribution in [0.25, 0.3) is 0 Å². The normalized spacial score (nSPS) is 16.1. The van der Waals surface area contributed by atoms with Crippen LogP contribution in [0.2, 0.25) is 4.66 Å². The average molecular weight is 537 g/mol. The fourth-order valence-corrected chi connectivity index (χ4v) is 12.5. The lowest BCUT2D eigenvalue weighted by atomic mass is 10.2. The Kier molecular flexibility index (Phi) is 10.5. The second-order valence-corrected chi connectivity index (χ2v) is 22.5. The van der Waals surface area contributed by atoms with Crippen molar-refractivity contribution in [3.05, 3.63) is 0 Å². The van der Waals surface area contributed by atoms with E-state index in [9.17, 15) is 0 Å². The molecule has 0 amide bonds. The van der Waals surface area contributed by atoms with E-state index in [1.54, 1.807) is 0 Å². The van der Waals surface area contributed by atoms with Gasteiger partial charge in [0.1, 0.15) is 4.66 Å². The van der Waals surface area contributed by atoms with Gasteiger partial charge in [0.15, 0.2) is 0 Å². The Morgan fingerprint density at radius 1 is 0.257 bits per heavy atom. The molecule has 0 aromatic carbocycles. The monoisotopic (exact) mass is 536 g/mol. The van der Waals surface area contributed by atoms with Crippen LogP contribution in [0.3, 0.4) is 0 Å². The van der Waals surface area contributed by atoms with Gasteiger partial charge in [-0.25, -0.2) is 0 Å². The van der Waals surface area contributed by atoms with Crippen LogP contribution < -0.4 is 0 Å². The molecule has 0 radical (unpaired) electrons. The largest absolute Gasteiger partial charge is 0.512 e. The minimum atomic E-state index is -3.68. The molecule has 0 atom stereocenters. The Hall–Kier alpha value is 0.194. The van der Waals surface area contributed by atoms with E-state index in [2.05, 4.69) is 13.8 Å². The molecular weight excluding hydrogens is 476 g/mol. The first kappa shape index (κ1) is 35.2. The Bertz CT molecular complexity index is 538. The van der Waals surface area contributed by atoms with E-state index in [1.807, 2.05) is 125 Å². The highest BCUT2D eigenvalue weighted by Gasteiger charge is 2.76. The van der Waals surface area contributed by atoms with E-state index in [0.717, 1.165) is 0 Å². The van der Waals surface area contributed by atoms with Crippen LogP contribution in [0, 0.1) is 0 Å². The third-order valence-electron chi connectivity index (χ3n) is 4.17. The standard InChI is InChI=1S/C27H60O6Si2/c1-21(2,3)28-34(29-22(4,5)6,30-23(7,8)9)27(19,20)35(31-24(10,11)12,32-25(13,14)15)33-26(16,17)18/h1-20H3. The summed E-state index contributed by atoms with van der Waals surface area (Å²) in [5.41, 5.74) is -3.30. The van der Waals surface area contributed by atoms with Crippen LogP contribution in [0.5, 0.6) is 0 Å². The lowest BCUT2D eigenvalue weighted by molar-refractivity contribution is -0.112. The van der Waals surface area contributed by atoms with Crippen LogP contribution in [0.1, 0.15) is 138 Å². The SMILES string of the molecule is CC(C)(C)O[Si](OC(C)(C)C)(OC(C)(C)C)C(C)(C)[Si](OC(C)(C)C)(OC(C)(C)C)OC(C)(C)C. The van der Waals surface area contributed by atoms with Crippen molar-refractivity contribution >= 4 is 17.6 Å². The lowest BCUT2D eigenvalue weighted by Crippen LogP contribution is -2.75. The Labute approximate surface area is 220 Å². The second-order valence-electron chi connectivity index (χ2n) is 16.0. The van der Waals surface area contributed by atoms with Crippen molar-refractivity contribution in [3.8, 4) is 0 Å². The molecule has 0 saturated heterocycles. The van der Waals surface area contributed by atoms with Gasteiger partial charge in [0, 0.05) is 0 Å². The van der Waals surface area contributed by atoms with Crippen molar-refractivity contribution in [2.45, 2.75) is 177 Å². The Morgan fingerprint density at radius 3 is 0.457 bits per heavy atom. The fourth-order valence-electron chi connectivity index (χ4n) is 3.50. The minimum Gasteiger partial charge on any atom is -0.368 e. The fraction of sp³-hybridized carbons (Fsp3) is 1.00. The highest BCUT2D eigenvalue weighted by atomic mass is 28.5. The zero-order valence-corrected chi connectivity index (χ0v) is 28.9. The molecule has 0 fully saturated rings. The maximum absolute atomic E-state index is 6.98. The van der Waals surface area contributed by atoms with Gasteiger partial charge in [-0.05, 0) is 125 Å². The van der Waals surface area contributed by atoms with Crippen LogP contribution >= 0.6 is 0 Å². The second kappa shape index (κ2) is 10.4. The van der Waals surface area contributed by atoms with E-state index < -0.39 is 55.9 Å². The van der Waals surface area contributed by atoms with E-state index >= 15 is 0 Å². The molecule has 6 nitrogen and oxygen atoms in total. The van der Waals surface area contributed by atoms with Gasteiger partial charge in [0.25, 0.3) is 0 Å². The summed E-state index contributed by atoms with van der Waals surface area (Å²) in [5, 5.41) is 0. The summed E-state index contributed by atoms with van der Waals surface area (Å²) in [5.74, 6) is 0. The third kappa shape index (κ3) is 12.1. The summed E-state index contributed by atoms with van der Waals surface area (Å²) in [6.07, 6.45) is 0.